The van der Waals surface area contributed by atoms with Crippen LogP contribution in [0.15, 0.2) is 30.3 Å². The second-order valence-corrected chi connectivity index (χ2v) is 5.55. The van der Waals surface area contributed by atoms with E-state index in [4.69, 9.17) is 0 Å². The Morgan fingerprint density at radius 2 is 1.71 bits per heavy atom. The Labute approximate surface area is 121 Å². The summed E-state index contributed by atoms with van der Waals surface area (Å²) in [4.78, 5) is 0. The zero-order valence-electron chi connectivity index (χ0n) is 11.7. The fourth-order valence-electron chi connectivity index (χ4n) is 2.40. The van der Waals surface area contributed by atoms with E-state index in [0.29, 0.717) is 30.3 Å². The third-order valence-corrected chi connectivity index (χ3v) is 3.75. The Balaban J connectivity index is 1.98. The summed E-state index contributed by atoms with van der Waals surface area (Å²) in [5.41, 5.74) is 2.03. The van der Waals surface area contributed by atoms with Gasteiger partial charge in [-0.05, 0) is 42.5 Å². The van der Waals surface area contributed by atoms with Crippen molar-refractivity contribution in [3.05, 3.63) is 58.9 Å². The minimum absolute atomic E-state index is 0.165. The molecule has 4 heteroatoms. The van der Waals surface area contributed by atoms with Crippen molar-refractivity contribution in [2.24, 2.45) is 0 Å². The fourth-order valence-corrected chi connectivity index (χ4v) is 2.40. The highest BCUT2D eigenvalue weighted by atomic mass is 19.1. The fraction of sp³-hybridized carbons (Fsp3) is 0.294. The van der Waals surface area contributed by atoms with Gasteiger partial charge in [-0.15, -0.1) is 0 Å². The van der Waals surface area contributed by atoms with Crippen LogP contribution < -0.4 is 5.32 Å². The first kappa shape index (κ1) is 14.1. The Hall–Kier alpha value is -1.81. The van der Waals surface area contributed by atoms with Crippen molar-refractivity contribution in [3.8, 4) is 11.1 Å². The van der Waals surface area contributed by atoms with E-state index in [1.165, 1.54) is 12.8 Å². The van der Waals surface area contributed by atoms with Crippen LogP contribution in [0.1, 0.15) is 24.0 Å². The van der Waals surface area contributed by atoms with E-state index in [1.807, 2.05) is 12.1 Å². The van der Waals surface area contributed by atoms with Crippen LogP contribution in [-0.2, 0) is 6.54 Å². The lowest BCUT2D eigenvalue weighted by atomic mass is 9.97. The lowest BCUT2D eigenvalue weighted by Crippen LogP contribution is -2.15. The molecule has 0 aliphatic heterocycles. The third kappa shape index (κ3) is 3.10. The highest BCUT2D eigenvalue weighted by Crippen LogP contribution is 2.30. The van der Waals surface area contributed by atoms with Gasteiger partial charge in [-0.1, -0.05) is 12.1 Å². The number of halogens is 3. The molecule has 110 valence electrons. The van der Waals surface area contributed by atoms with Crippen LogP contribution in [0.3, 0.4) is 0 Å². The van der Waals surface area contributed by atoms with Crippen molar-refractivity contribution in [1.29, 1.82) is 0 Å². The van der Waals surface area contributed by atoms with Gasteiger partial charge in [0.15, 0.2) is 0 Å². The quantitative estimate of drug-likeness (QED) is 0.884. The van der Waals surface area contributed by atoms with E-state index in [1.54, 1.807) is 13.0 Å². The van der Waals surface area contributed by atoms with Gasteiger partial charge in [0.1, 0.15) is 17.5 Å². The monoisotopic (exact) mass is 291 g/mol. The molecule has 1 nitrogen and oxygen atoms in total. The van der Waals surface area contributed by atoms with Gasteiger partial charge >= 0.3 is 0 Å². The molecule has 2 aromatic rings. The molecule has 0 spiro atoms. The number of hydrogen-bond donors (Lipinski definition) is 1. The Kier molecular flexibility index (Phi) is 3.72. The molecule has 21 heavy (non-hydrogen) atoms. The van der Waals surface area contributed by atoms with Crippen LogP contribution in [-0.4, -0.2) is 6.04 Å². The van der Waals surface area contributed by atoms with Gasteiger partial charge in [0, 0.05) is 24.7 Å². The molecular formula is C17H16F3N. The van der Waals surface area contributed by atoms with E-state index in [9.17, 15) is 13.2 Å². The maximum atomic E-state index is 13.9. The van der Waals surface area contributed by atoms with E-state index >= 15 is 0 Å². The standard InChI is InChI=1S/C17H16F3N/c1-10-2-3-11(9-21-13-4-5-13)6-14(10)17-15(19)7-12(18)8-16(17)20/h2-3,6-8,13,21H,4-5,9H2,1H3. The van der Waals surface area contributed by atoms with E-state index in [-0.39, 0.29) is 5.56 Å². The molecule has 0 atom stereocenters. The van der Waals surface area contributed by atoms with Crippen molar-refractivity contribution >= 4 is 0 Å². The zero-order chi connectivity index (χ0) is 15.0. The van der Waals surface area contributed by atoms with Crippen molar-refractivity contribution in [2.45, 2.75) is 32.4 Å². The SMILES string of the molecule is Cc1ccc(CNC2CC2)cc1-c1c(F)cc(F)cc1F. The van der Waals surface area contributed by atoms with E-state index in [0.717, 1.165) is 11.1 Å². The lowest BCUT2D eigenvalue weighted by Gasteiger charge is -2.12. The second-order valence-electron chi connectivity index (χ2n) is 5.55. The van der Waals surface area contributed by atoms with Gasteiger partial charge in [-0.25, -0.2) is 13.2 Å². The van der Waals surface area contributed by atoms with Crippen LogP contribution in [0.25, 0.3) is 11.1 Å². The van der Waals surface area contributed by atoms with Crippen molar-refractivity contribution in [3.63, 3.8) is 0 Å². The lowest BCUT2D eigenvalue weighted by molar-refractivity contribution is 0.548. The molecule has 1 saturated carbocycles. The van der Waals surface area contributed by atoms with Crippen LogP contribution in [0.4, 0.5) is 13.2 Å². The summed E-state index contributed by atoms with van der Waals surface area (Å²) in [6.07, 6.45) is 2.36. The predicted molar refractivity (Wildman–Crippen MR) is 76.4 cm³/mol. The van der Waals surface area contributed by atoms with Crippen LogP contribution in [0, 0.1) is 24.4 Å². The number of benzene rings is 2. The number of aryl methyl sites for hydroxylation is 1. The average Bonchev–Trinajstić information content (AvgIpc) is 3.22. The molecule has 0 radical (unpaired) electrons. The van der Waals surface area contributed by atoms with Gasteiger partial charge in [0.05, 0.1) is 5.56 Å². The molecule has 0 heterocycles. The van der Waals surface area contributed by atoms with E-state index in [2.05, 4.69) is 5.32 Å². The van der Waals surface area contributed by atoms with Crippen LogP contribution >= 0.6 is 0 Å². The van der Waals surface area contributed by atoms with Crippen LogP contribution in [0.2, 0.25) is 0 Å². The van der Waals surface area contributed by atoms with Crippen LogP contribution in [0.5, 0.6) is 0 Å². The van der Waals surface area contributed by atoms with Gasteiger partial charge < -0.3 is 5.32 Å². The number of hydrogen-bond acceptors (Lipinski definition) is 1. The summed E-state index contributed by atoms with van der Waals surface area (Å²) in [6, 6.07) is 7.54. The average molecular weight is 291 g/mol. The molecule has 1 aliphatic rings. The molecular weight excluding hydrogens is 275 g/mol. The molecule has 1 fully saturated rings. The summed E-state index contributed by atoms with van der Waals surface area (Å²) in [5, 5.41) is 3.36. The minimum Gasteiger partial charge on any atom is -0.310 e. The molecule has 0 saturated heterocycles. The summed E-state index contributed by atoms with van der Waals surface area (Å²) in [6.45, 7) is 2.46. The first-order valence-electron chi connectivity index (χ1n) is 7.02. The molecule has 0 amide bonds. The molecule has 1 N–H and O–H groups in total. The van der Waals surface area contributed by atoms with Crippen molar-refractivity contribution in [2.75, 3.05) is 0 Å². The molecule has 2 aromatic carbocycles. The molecule has 1 aliphatic carbocycles. The Morgan fingerprint density at radius 1 is 1.05 bits per heavy atom. The first-order valence-corrected chi connectivity index (χ1v) is 7.02. The van der Waals surface area contributed by atoms with Gasteiger partial charge in [0.2, 0.25) is 0 Å². The first-order chi connectivity index (χ1) is 10.0. The minimum atomic E-state index is -0.905. The summed E-state index contributed by atoms with van der Waals surface area (Å²) in [5.74, 6) is -2.65. The summed E-state index contributed by atoms with van der Waals surface area (Å²) < 4.78 is 40.9. The second kappa shape index (κ2) is 5.53. The molecule has 0 aromatic heterocycles. The van der Waals surface area contributed by atoms with E-state index < -0.39 is 17.5 Å². The maximum Gasteiger partial charge on any atom is 0.136 e. The largest absolute Gasteiger partial charge is 0.310 e. The smallest absolute Gasteiger partial charge is 0.136 e. The Morgan fingerprint density at radius 3 is 2.33 bits per heavy atom. The highest BCUT2D eigenvalue weighted by molar-refractivity contribution is 5.69. The van der Waals surface area contributed by atoms with Gasteiger partial charge in [0.25, 0.3) is 0 Å². The van der Waals surface area contributed by atoms with Gasteiger partial charge in [-0.3, -0.25) is 0 Å². The molecule has 0 bridgehead atoms. The maximum absolute atomic E-state index is 13.9. The number of nitrogens with one attached hydrogen (secondary N) is 1. The highest BCUT2D eigenvalue weighted by Gasteiger charge is 2.20. The molecule has 0 unspecified atom stereocenters. The topological polar surface area (TPSA) is 12.0 Å². The predicted octanol–water partition coefficient (Wildman–Crippen LogP) is 4.33. The van der Waals surface area contributed by atoms with Crippen molar-refractivity contribution in [1.82, 2.24) is 5.32 Å². The molecule has 3 rings (SSSR count). The third-order valence-electron chi connectivity index (χ3n) is 3.75. The Bertz CT molecular complexity index is 655. The summed E-state index contributed by atoms with van der Waals surface area (Å²) >= 11 is 0. The van der Waals surface area contributed by atoms with Crippen molar-refractivity contribution < 1.29 is 13.2 Å². The van der Waals surface area contributed by atoms with Gasteiger partial charge in [-0.2, -0.15) is 0 Å². The normalized spacial score (nSPS) is 14.5. The summed E-state index contributed by atoms with van der Waals surface area (Å²) in [7, 11) is 0. The zero-order valence-corrected chi connectivity index (χ0v) is 11.7. The number of rotatable bonds is 4.